The van der Waals surface area contributed by atoms with Crippen LogP contribution in [0.5, 0.6) is 0 Å². The number of benzene rings is 2. The van der Waals surface area contributed by atoms with Gasteiger partial charge >= 0.3 is 0 Å². The second-order valence-corrected chi connectivity index (χ2v) is 6.84. The number of piperazine rings is 1. The quantitative estimate of drug-likeness (QED) is 0.911. The number of nitrogens with one attached hydrogen (secondary N) is 1. The summed E-state index contributed by atoms with van der Waals surface area (Å²) >= 11 is 0. The average molecular weight is 337 g/mol. The molecule has 1 aliphatic rings. The van der Waals surface area contributed by atoms with Crippen LogP contribution in [-0.2, 0) is 0 Å². The smallest absolute Gasteiger partial charge is 0.251 e. The summed E-state index contributed by atoms with van der Waals surface area (Å²) in [6.07, 6.45) is 0. The Labute approximate surface area is 150 Å². The van der Waals surface area contributed by atoms with Crippen molar-refractivity contribution >= 4 is 5.91 Å². The zero-order valence-electron chi connectivity index (χ0n) is 15.1. The van der Waals surface area contributed by atoms with Crippen LogP contribution in [0.1, 0.15) is 27.5 Å². The number of amides is 1. The van der Waals surface area contributed by atoms with E-state index in [4.69, 9.17) is 0 Å². The van der Waals surface area contributed by atoms with E-state index in [2.05, 4.69) is 53.4 Å². The second-order valence-electron chi connectivity index (χ2n) is 6.84. The number of hydrogen-bond acceptors (Lipinski definition) is 3. The standard InChI is InChI=1S/C21H27N3O/c1-17-8-10-18(11-9-17)20(24-14-12-23(2)13-15-24)16-22-21(25)19-6-4-3-5-7-19/h3-11,20H,12-16H2,1-2H3,(H,22,25). The first-order chi connectivity index (χ1) is 12.1. The van der Waals surface area contributed by atoms with Gasteiger partial charge in [-0.25, -0.2) is 0 Å². The molecule has 1 fully saturated rings. The predicted octanol–water partition coefficient (Wildman–Crippen LogP) is 2.71. The maximum atomic E-state index is 12.4. The largest absolute Gasteiger partial charge is 0.350 e. The number of aryl methyl sites for hydroxylation is 1. The highest BCUT2D eigenvalue weighted by atomic mass is 16.1. The third-order valence-electron chi connectivity index (χ3n) is 4.93. The number of likely N-dealkylation sites (N-methyl/N-ethyl adjacent to an activating group) is 1. The molecular weight excluding hydrogens is 310 g/mol. The Hall–Kier alpha value is -2.17. The molecule has 1 atom stereocenters. The molecule has 0 aliphatic carbocycles. The molecule has 3 rings (SSSR count). The Morgan fingerprint density at radius 2 is 1.64 bits per heavy atom. The lowest BCUT2D eigenvalue weighted by molar-refractivity contribution is 0.0886. The zero-order valence-corrected chi connectivity index (χ0v) is 15.1. The number of carbonyl (C=O) groups excluding carboxylic acids is 1. The van der Waals surface area contributed by atoms with Crippen molar-refractivity contribution in [3.8, 4) is 0 Å². The van der Waals surface area contributed by atoms with E-state index in [0.717, 1.165) is 26.2 Å². The molecule has 132 valence electrons. The number of rotatable bonds is 5. The minimum atomic E-state index is -0.00756. The molecule has 1 aliphatic heterocycles. The molecule has 0 radical (unpaired) electrons. The topological polar surface area (TPSA) is 35.6 Å². The van der Waals surface area contributed by atoms with Crippen LogP contribution in [0.3, 0.4) is 0 Å². The summed E-state index contributed by atoms with van der Waals surface area (Å²) in [5.41, 5.74) is 3.24. The van der Waals surface area contributed by atoms with Gasteiger partial charge in [0.05, 0.1) is 6.04 Å². The normalized spacial score (nSPS) is 17.2. The van der Waals surface area contributed by atoms with Crippen molar-refractivity contribution in [1.29, 1.82) is 0 Å². The Morgan fingerprint density at radius 1 is 1.00 bits per heavy atom. The van der Waals surface area contributed by atoms with Gasteiger partial charge in [0.2, 0.25) is 0 Å². The first-order valence-electron chi connectivity index (χ1n) is 8.96. The molecule has 1 unspecified atom stereocenters. The highest BCUT2D eigenvalue weighted by Crippen LogP contribution is 2.22. The molecule has 0 bridgehead atoms. The van der Waals surface area contributed by atoms with Gasteiger partial charge in [0.25, 0.3) is 5.91 Å². The van der Waals surface area contributed by atoms with Gasteiger partial charge in [0.15, 0.2) is 0 Å². The predicted molar refractivity (Wildman–Crippen MR) is 102 cm³/mol. The first-order valence-corrected chi connectivity index (χ1v) is 8.96. The second kappa shape index (κ2) is 8.28. The van der Waals surface area contributed by atoms with E-state index in [-0.39, 0.29) is 11.9 Å². The molecule has 0 aromatic heterocycles. The number of hydrogen-bond donors (Lipinski definition) is 1. The van der Waals surface area contributed by atoms with Crippen molar-refractivity contribution in [3.63, 3.8) is 0 Å². The number of carbonyl (C=O) groups is 1. The fraction of sp³-hybridized carbons (Fsp3) is 0.381. The summed E-state index contributed by atoms with van der Waals surface area (Å²) in [6, 6.07) is 18.3. The lowest BCUT2D eigenvalue weighted by Crippen LogP contribution is -2.48. The van der Waals surface area contributed by atoms with E-state index in [1.165, 1.54) is 11.1 Å². The first kappa shape index (κ1) is 17.6. The molecule has 4 nitrogen and oxygen atoms in total. The molecule has 0 spiro atoms. The van der Waals surface area contributed by atoms with Crippen molar-refractivity contribution in [3.05, 3.63) is 71.3 Å². The van der Waals surface area contributed by atoms with Crippen LogP contribution in [0.2, 0.25) is 0 Å². The van der Waals surface area contributed by atoms with Crippen LogP contribution in [0.15, 0.2) is 54.6 Å². The fourth-order valence-electron chi connectivity index (χ4n) is 3.26. The molecular formula is C21H27N3O. The highest BCUT2D eigenvalue weighted by molar-refractivity contribution is 5.94. The highest BCUT2D eigenvalue weighted by Gasteiger charge is 2.24. The Bertz CT molecular complexity index is 676. The molecule has 1 amide bonds. The Kier molecular flexibility index (Phi) is 5.84. The summed E-state index contributed by atoms with van der Waals surface area (Å²) in [5, 5.41) is 3.13. The Morgan fingerprint density at radius 3 is 2.28 bits per heavy atom. The summed E-state index contributed by atoms with van der Waals surface area (Å²) in [6.45, 7) is 6.91. The van der Waals surface area contributed by atoms with Crippen molar-refractivity contribution in [2.45, 2.75) is 13.0 Å². The van der Waals surface area contributed by atoms with Crippen molar-refractivity contribution in [2.75, 3.05) is 39.8 Å². The van der Waals surface area contributed by atoms with Crippen molar-refractivity contribution in [1.82, 2.24) is 15.1 Å². The summed E-state index contributed by atoms with van der Waals surface area (Å²) in [4.78, 5) is 17.3. The molecule has 4 heteroatoms. The van der Waals surface area contributed by atoms with Crippen LogP contribution in [0, 0.1) is 6.92 Å². The zero-order chi connectivity index (χ0) is 17.6. The Balaban J connectivity index is 1.72. The van der Waals surface area contributed by atoms with Gasteiger partial charge in [-0.3, -0.25) is 9.69 Å². The monoisotopic (exact) mass is 337 g/mol. The molecule has 1 N–H and O–H groups in total. The summed E-state index contributed by atoms with van der Waals surface area (Å²) < 4.78 is 0. The van der Waals surface area contributed by atoms with E-state index < -0.39 is 0 Å². The summed E-state index contributed by atoms with van der Waals surface area (Å²) in [7, 11) is 2.16. The van der Waals surface area contributed by atoms with Gasteiger partial charge in [-0.2, -0.15) is 0 Å². The van der Waals surface area contributed by atoms with Gasteiger partial charge in [0, 0.05) is 38.3 Å². The van der Waals surface area contributed by atoms with Gasteiger partial charge in [-0.1, -0.05) is 48.0 Å². The third-order valence-corrected chi connectivity index (χ3v) is 4.93. The van der Waals surface area contributed by atoms with Crippen LogP contribution < -0.4 is 5.32 Å². The maximum Gasteiger partial charge on any atom is 0.251 e. The molecule has 2 aromatic rings. The molecule has 1 heterocycles. The van der Waals surface area contributed by atoms with E-state index in [1.54, 1.807) is 0 Å². The number of nitrogens with zero attached hydrogens (tertiary/aromatic N) is 2. The minimum absolute atomic E-state index is 0.00756. The van der Waals surface area contributed by atoms with E-state index in [0.29, 0.717) is 12.1 Å². The lowest BCUT2D eigenvalue weighted by Gasteiger charge is -2.38. The van der Waals surface area contributed by atoms with Crippen LogP contribution >= 0.6 is 0 Å². The third kappa shape index (κ3) is 4.68. The fourth-order valence-corrected chi connectivity index (χ4v) is 3.26. The van der Waals surface area contributed by atoms with E-state index in [1.807, 2.05) is 30.3 Å². The van der Waals surface area contributed by atoms with Crippen molar-refractivity contribution < 1.29 is 4.79 Å². The summed E-state index contributed by atoms with van der Waals surface area (Å²) in [5.74, 6) is -0.00756. The SMILES string of the molecule is Cc1ccc(C(CNC(=O)c2ccccc2)N2CCN(C)CC2)cc1. The van der Waals surface area contributed by atoms with Crippen molar-refractivity contribution in [2.24, 2.45) is 0 Å². The van der Waals surface area contributed by atoms with Crippen LogP contribution in [0.4, 0.5) is 0 Å². The maximum absolute atomic E-state index is 12.4. The van der Waals surface area contributed by atoms with Gasteiger partial charge in [-0.05, 0) is 31.7 Å². The molecule has 0 saturated carbocycles. The van der Waals surface area contributed by atoms with E-state index in [9.17, 15) is 4.79 Å². The lowest BCUT2D eigenvalue weighted by atomic mass is 10.0. The van der Waals surface area contributed by atoms with E-state index >= 15 is 0 Å². The van der Waals surface area contributed by atoms with Gasteiger partial charge in [0.1, 0.15) is 0 Å². The molecule has 1 saturated heterocycles. The van der Waals surface area contributed by atoms with Crippen LogP contribution in [-0.4, -0.2) is 55.5 Å². The molecule has 25 heavy (non-hydrogen) atoms. The minimum Gasteiger partial charge on any atom is -0.350 e. The van der Waals surface area contributed by atoms with Gasteiger partial charge in [-0.15, -0.1) is 0 Å². The van der Waals surface area contributed by atoms with Gasteiger partial charge < -0.3 is 10.2 Å². The van der Waals surface area contributed by atoms with Crippen LogP contribution in [0.25, 0.3) is 0 Å². The average Bonchev–Trinajstić information content (AvgIpc) is 2.65. The molecule has 2 aromatic carbocycles.